The van der Waals surface area contributed by atoms with Crippen molar-refractivity contribution in [3.05, 3.63) is 58.9 Å². The van der Waals surface area contributed by atoms with Crippen LogP contribution < -0.4 is 0 Å². The van der Waals surface area contributed by atoms with Crippen molar-refractivity contribution in [1.82, 2.24) is 9.97 Å². The SMILES string of the molecule is Cc1cc(/C=C(/C#N)c2nc3ccccc3[nH]2)cc(C)c1O. The number of aromatic hydroxyl groups is 1. The van der Waals surface area contributed by atoms with Crippen molar-refractivity contribution in [2.45, 2.75) is 13.8 Å². The van der Waals surface area contributed by atoms with Gasteiger partial charge in [0, 0.05) is 0 Å². The second-order valence-electron chi connectivity index (χ2n) is 5.28. The van der Waals surface area contributed by atoms with E-state index in [1.165, 1.54) is 0 Å². The van der Waals surface area contributed by atoms with Crippen LogP contribution >= 0.6 is 0 Å². The number of aromatic amines is 1. The summed E-state index contributed by atoms with van der Waals surface area (Å²) in [7, 11) is 0. The summed E-state index contributed by atoms with van der Waals surface area (Å²) in [5.74, 6) is 0.839. The molecule has 0 saturated carbocycles. The number of imidazole rings is 1. The minimum Gasteiger partial charge on any atom is -0.507 e. The third kappa shape index (κ3) is 2.45. The fourth-order valence-corrected chi connectivity index (χ4v) is 2.47. The number of nitrogens with zero attached hydrogens (tertiary/aromatic N) is 2. The van der Waals surface area contributed by atoms with Crippen molar-refractivity contribution in [1.29, 1.82) is 5.26 Å². The van der Waals surface area contributed by atoms with E-state index >= 15 is 0 Å². The van der Waals surface area contributed by atoms with Gasteiger partial charge in [0.25, 0.3) is 0 Å². The summed E-state index contributed by atoms with van der Waals surface area (Å²) in [6.45, 7) is 3.68. The first-order chi connectivity index (χ1) is 10.6. The molecule has 0 bridgehead atoms. The molecule has 2 N–H and O–H groups in total. The van der Waals surface area contributed by atoms with E-state index in [0.29, 0.717) is 17.1 Å². The van der Waals surface area contributed by atoms with Gasteiger partial charge in [-0.1, -0.05) is 12.1 Å². The van der Waals surface area contributed by atoms with Crippen LogP contribution in [0.5, 0.6) is 5.75 Å². The van der Waals surface area contributed by atoms with E-state index in [4.69, 9.17) is 0 Å². The molecule has 0 spiro atoms. The molecule has 4 heteroatoms. The molecule has 0 unspecified atom stereocenters. The smallest absolute Gasteiger partial charge is 0.149 e. The van der Waals surface area contributed by atoms with Gasteiger partial charge in [-0.3, -0.25) is 0 Å². The lowest BCUT2D eigenvalue weighted by Crippen LogP contribution is -1.87. The Morgan fingerprint density at radius 1 is 1.23 bits per heavy atom. The Balaban J connectivity index is 2.09. The van der Waals surface area contributed by atoms with Gasteiger partial charge >= 0.3 is 0 Å². The van der Waals surface area contributed by atoms with E-state index in [1.807, 2.05) is 50.2 Å². The quantitative estimate of drug-likeness (QED) is 0.701. The highest BCUT2D eigenvalue weighted by Crippen LogP contribution is 2.25. The van der Waals surface area contributed by atoms with Crippen LogP contribution in [0.1, 0.15) is 22.5 Å². The van der Waals surface area contributed by atoms with Gasteiger partial charge in [-0.25, -0.2) is 4.98 Å². The van der Waals surface area contributed by atoms with E-state index in [1.54, 1.807) is 6.08 Å². The van der Waals surface area contributed by atoms with Crippen LogP contribution in [0.3, 0.4) is 0 Å². The van der Waals surface area contributed by atoms with Crippen LogP contribution in [-0.4, -0.2) is 15.1 Å². The van der Waals surface area contributed by atoms with Gasteiger partial charge in [-0.05, 0) is 60.9 Å². The van der Waals surface area contributed by atoms with E-state index in [2.05, 4.69) is 16.0 Å². The largest absolute Gasteiger partial charge is 0.507 e. The lowest BCUT2D eigenvalue weighted by atomic mass is 10.0. The predicted molar refractivity (Wildman–Crippen MR) is 87.2 cm³/mol. The van der Waals surface area contributed by atoms with Crippen molar-refractivity contribution in [3.63, 3.8) is 0 Å². The van der Waals surface area contributed by atoms with Crippen molar-refractivity contribution < 1.29 is 5.11 Å². The zero-order valence-corrected chi connectivity index (χ0v) is 12.4. The third-order valence-electron chi connectivity index (χ3n) is 3.59. The van der Waals surface area contributed by atoms with Crippen LogP contribution in [0.25, 0.3) is 22.7 Å². The molecule has 3 rings (SSSR count). The van der Waals surface area contributed by atoms with Gasteiger partial charge in [0.05, 0.1) is 16.6 Å². The number of aryl methyl sites for hydroxylation is 2. The Hall–Kier alpha value is -3.06. The average molecular weight is 289 g/mol. The van der Waals surface area contributed by atoms with E-state index in [-0.39, 0.29) is 0 Å². The number of nitrogens with one attached hydrogen (secondary N) is 1. The summed E-state index contributed by atoms with van der Waals surface area (Å²) in [6.07, 6.45) is 1.77. The number of nitriles is 1. The zero-order valence-electron chi connectivity index (χ0n) is 12.4. The van der Waals surface area contributed by atoms with Crippen molar-refractivity contribution >= 4 is 22.7 Å². The van der Waals surface area contributed by atoms with Crippen molar-refractivity contribution in [2.75, 3.05) is 0 Å². The first kappa shape index (κ1) is 13.9. The number of hydrogen-bond acceptors (Lipinski definition) is 3. The molecule has 0 aliphatic carbocycles. The molecule has 0 fully saturated rings. The highest BCUT2D eigenvalue weighted by molar-refractivity contribution is 5.90. The molecule has 0 saturated heterocycles. The molecule has 4 nitrogen and oxygen atoms in total. The molecule has 22 heavy (non-hydrogen) atoms. The molecule has 0 amide bonds. The molecule has 1 aromatic heterocycles. The molecule has 3 aromatic rings. The van der Waals surface area contributed by atoms with Crippen LogP contribution in [0.4, 0.5) is 0 Å². The Kier molecular flexibility index (Phi) is 3.40. The Labute approximate surface area is 128 Å². The molecule has 0 aliphatic rings. The summed E-state index contributed by atoms with van der Waals surface area (Å²) in [6, 6.07) is 13.5. The Morgan fingerprint density at radius 3 is 2.55 bits per heavy atom. The van der Waals surface area contributed by atoms with Gasteiger partial charge in [0.2, 0.25) is 0 Å². The number of aromatic nitrogens is 2. The molecule has 0 radical (unpaired) electrons. The second kappa shape index (κ2) is 5.38. The predicted octanol–water partition coefficient (Wildman–Crippen LogP) is 3.95. The molecule has 108 valence electrons. The highest BCUT2D eigenvalue weighted by Gasteiger charge is 2.09. The van der Waals surface area contributed by atoms with Crippen LogP contribution in [-0.2, 0) is 0 Å². The number of phenolic OH excluding ortho intramolecular Hbond substituents is 1. The van der Waals surface area contributed by atoms with Gasteiger partial charge in [-0.15, -0.1) is 0 Å². The van der Waals surface area contributed by atoms with Crippen molar-refractivity contribution in [3.8, 4) is 11.8 Å². The average Bonchev–Trinajstić information content (AvgIpc) is 2.93. The zero-order chi connectivity index (χ0) is 15.7. The van der Waals surface area contributed by atoms with Crippen LogP contribution in [0.15, 0.2) is 36.4 Å². The minimum absolute atomic E-state index is 0.291. The Bertz CT molecular complexity index is 873. The fourth-order valence-electron chi connectivity index (χ4n) is 2.47. The number of fused-ring (bicyclic) bond motifs is 1. The topological polar surface area (TPSA) is 72.7 Å². The molecule has 0 aliphatic heterocycles. The minimum atomic E-state index is 0.291. The van der Waals surface area contributed by atoms with E-state index < -0.39 is 0 Å². The van der Waals surface area contributed by atoms with Gasteiger partial charge < -0.3 is 10.1 Å². The number of phenols is 1. The van der Waals surface area contributed by atoms with E-state index in [9.17, 15) is 10.4 Å². The molecule has 2 aromatic carbocycles. The van der Waals surface area contributed by atoms with E-state index in [0.717, 1.165) is 27.7 Å². The van der Waals surface area contributed by atoms with Crippen molar-refractivity contribution in [2.24, 2.45) is 0 Å². The lowest BCUT2D eigenvalue weighted by Gasteiger charge is -2.05. The summed E-state index contributed by atoms with van der Waals surface area (Å²) in [5.41, 5.74) is 4.63. The lowest BCUT2D eigenvalue weighted by molar-refractivity contribution is 0.467. The molecule has 1 heterocycles. The number of rotatable bonds is 2. The first-order valence-corrected chi connectivity index (χ1v) is 6.95. The van der Waals surface area contributed by atoms with Gasteiger partial charge in [0.15, 0.2) is 0 Å². The summed E-state index contributed by atoms with van der Waals surface area (Å²) in [4.78, 5) is 7.60. The van der Waals surface area contributed by atoms with Gasteiger partial charge in [-0.2, -0.15) is 5.26 Å². The first-order valence-electron chi connectivity index (χ1n) is 6.95. The monoisotopic (exact) mass is 289 g/mol. The standard InChI is InChI=1S/C18H15N3O/c1-11-7-13(8-12(2)17(11)22)9-14(10-19)18-20-15-5-3-4-6-16(15)21-18/h3-9,22H,1-2H3,(H,20,21)/b14-9-. The molecular weight excluding hydrogens is 274 g/mol. The summed E-state index contributed by atoms with van der Waals surface area (Å²) in [5, 5.41) is 19.3. The second-order valence-corrected chi connectivity index (χ2v) is 5.28. The maximum atomic E-state index is 9.83. The Morgan fingerprint density at radius 2 is 1.91 bits per heavy atom. The summed E-state index contributed by atoms with van der Waals surface area (Å²) >= 11 is 0. The molecular formula is C18H15N3O. The van der Waals surface area contributed by atoms with Crippen LogP contribution in [0, 0.1) is 25.2 Å². The third-order valence-corrected chi connectivity index (χ3v) is 3.59. The number of allylic oxidation sites excluding steroid dienone is 1. The fraction of sp³-hybridized carbons (Fsp3) is 0.111. The molecule has 0 atom stereocenters. The van der Waals surface area contributed by atoms with Crippen LogP contribution in [0.2, 0.25) is 0 Å². The highest BCUT2D eigenvalue weighted by atomic mass is 16.3. The number of hydrogen-bond donors (Lipinski definition) is 2. The normalized spacial score (nSPS) is 11.6. The maximum Gasteiger partial charge on any atom is 0.149 e. The number of para-hydroxylation sites is 2. The maximum absolute atomic E-state index is 9.83. The number of benzene rings is 2. The number of H-pyrrole nitrogens is 1. The summed E-state index contributed by atoms with van der Waals surface area (Å²) < 4.78 is 0. The van der Waals surface area contributed by atoms with Gasteiger partial charge in [0.1, 0.15) is 17.6 Å².